The summed E-state index contributed by atoms with van der Waals surface area (Å²) in [4.78, 5) is 0. The molecule has 0 aromatic carbocycles. The Balaban J connectivity index is 0.000000360. The van der Waals surface area contributed by atoms with Gasteiger partial charge in [0.1, 0.15) is 0 Å². The molecule has 1 rings (SSSR count). The SMILES string of the molecule is Cc1ccoc1.S. The molecule has 1 aromatic heterocycles. The van der Waals surface area contributed by atoms with Crippen LogP contribution in [0.25, 0.3) is 0 Å². The van der Waals surface area contributed by atoms with Crippen LogP contribution >= 0.6 is 13.5 Å². The number of rotatable bonds is 0. The van der Waals surface area contributed by atoms with Gasteiger partial charge in [-0.1, -0.05) is 0 Å². The molecule has 0 aliphatic rings. The topological polar surface area (TPSA) is 13.1 Å². The first-order valence-corrected chi connectivity index (χ1v) is 1.88. The molecule has 40 valence electrons. The van der Waals surface area contributed by atoms with Gasteiger partial charge in [0.25, 0.3) is 0 Å². The lowest BCUT2D eigenvalue weighted by atomic mass is 10.4. The second-order valence-corrected chi connectivity index (χ2v) is 1.30. The lowest BCUT2D eigenvalue weighted by Crippen LogP contribution is -1.48. The Bertz CT molecular complexity index is 112. The van der Waals surface area contributed by atoms with Crippen molar-refractivity contribution >= 4 is 13.5 Å². The van der Waals surface area contributed by atoms with Crippen LogP contribution in [0.4, 0.5) is 0 Å². The summed E-state index contributed by atoms with van der Waals surface area (Å²) in [5, 5.41) is 0. The van der Waals surface area contributed by atoms with Crippen molar-refractivity contribution in [3.05, 3.63) is 24.2 Å². The fourth-order valence-corrected chi connectivity index (χ4v) is 0.333. The predicted molar refractivity (Wildman–Crippen MR) is 33.8 cm³/mol. The first kappa shape index (κ1) is 6.63. The predicted octanol–water partition coefficient (Wildman–Crippen LogP) is 1.70. The van der Waals surface area contributed by atoms with E-state index in [2.05, 4.69) is 0 Å². The fourth-order valence-electron chi connectivity index (χ4n) is 0.333. The molecule has 0 aliphatic heterocycles. The first-order chi connectivity index (χ1) is 2.89. The van der Waals surface area contributed by atoms with E-state index >= 15 is 0 Å². The molecular weight excluding hydrogens is 108 g/mol. The Morgan fingerprint density at radius 2 is 2.29 bits per heavy atom. The standard InChI is InChI=1S/C5H6O.H2S/c1-5-2-3-6-4-5;/h2-4H,1H3;1H2. The van der Waals surface area contributed by atoms with E-state index in [1.807, 2.05) is 13.0 Å². The normalized spacial score (nSPS) is 7.57. The number of hydrogen-bond acceptors (Lipinski definition) is 1. The van der Waals surface area contributed by atoms with Crippen LogP contribution in [0, 0.1) is 6.92 Å². The smallest absolute Gasteiger partial charge is 0.0931 e. The lowest BCUT2D eigenvalue weighted by molar-refractivity contribution is 0.565. The highest BCUT2D eigenvalue weighted by molar-refractivity contribution is 7.59. The Hall–Kier alpha value is -0.370. The molecule has 0 aliphatic carbocycles. The van der Waals surface area contributed by atoms with Gasteiger partial charge in [-0.25, -0.2) is 0 Å². The summed E-state index contributed by atoms with van der Waals surface area (Å²) in [6.45, 7) is 1.99. The molecule has 0 radical (unpaired) electrons. The van der Waals surface area contributed by atoms with Crippen molar-refractivity contribution in [1.82, 2.24) is 0 Å². The molecule has 0 unspecified atom stereocenters. The number of aryl methyl sites for hydroxylation is 1. The van der Waals surface area contributed by atoms with E-state index in [1.54, 1.807) is 12.5 Å². The van der Waals surface area contributed by atoms with Gasteiger partial charge in [-0.3, -0.25) is 0 Å². The summed E-state index contributed by atoms with van der Waals surface area (Å²) in [5.74, 6) is 0. The molecule has 1 nitrogen and oxygen atoms in total. The van der Waals surface area contributed by atoms with Crippen molar-refractivity contribution in [3.63, 3.8) is 0 Å². The Labute approximate surface area is 49.8 Å². The van der Waals surface area contributed by atoms with Crippen molar-refractivity contribution in [3.8, 4) is 0 Å². The van der Waals surface area contributed by atoms with Gasteiger partial charge in [-0.15, -0.1) is 0 Å². The van der Waals surface area contributed by atoms with Crippen LogP contribution in [-0.4, -0.2) is 0 Å². The Morgan fingerprint density at radius 3 is 2.43 bits per heavy atom. The molecule has 7 heavy (non-hydrogen) atoms. The highest BCUT2D eigenvalue weighted by Gasteiger charge is 1.75. The molecule has 1 heterocycles. The Kier molecular flexibility index (Phi) is 2.60. The third-order valence-corrected chi connectivity index (χ3v) is 0.663. The van der Waals surface area contributed by atoms with Gasteiger partial charge in [-0.05, 0) is 18.6 Å². The highest BCUT2D eigenvalue weighted by Crippen LogP contribution is 1.93. The van der Waals surface area contributed by atoms with Gasteiger partial charge in [0.15, 0.2) is 0 Å². The summed E-state index contributed by atoms with van der Waals surface area (Å²) < 4.78 is 4.71. The van der Waals surface area contributed by atoms with Crippen LogP contribution in [0.5, 0.6) is 0 Å². The van der Waals surface area contributed by atoms with Crippen LogP contribution in [0.2, 0.25) is 0 Å². The molecule has 0 bridgehead atoms. The highest BCUT2D eigenvalue weighted by atomic mass is 32.1. The van der Waals surface area contributed by atoms with Crippen LogP contribution in [-0.2, 0) is 0 Å². The molecule has 0 fully saturated rings. The largest absolute Gasteiger partial charge is 0.472 e. The van der Waals surface area contributed by atoms with Crippen molar-refractivity contribution in [2.45, 2.75) is 6.92 Å². The van der Waals surface area contributed by atoms with Crippen molar-refractivity contribution < 1.29 is 4.42 Å². The maximum atomic E-state index is 4.71. The van der Waals surface area contributed by atoms with E-state index in [4.69, 9.17) is 4.42 Å². The quantitative estimate of drug-likeness (QED) is 0.503. The third-order valence-electron chi connectivity index (χ3n) is 0.663. The monoisotopic (exact) mass is 116 g/mol. The van der Waals surface area contributed by atoms with E-state index < -0.39 is 0 Å². The summed E-state index contributed by atoms with van der Waals surface area (Å²) in [5.41, 5.74) is 1.18. The molecule has 0 amide bonds. The average Bonchev–Trinajstić information content (AvgIpc) is 1.86. The minimum Gasteiger partial charge on any atom is -0.472 e. The van der Waals surface area contributed by atoms with E-state index in [1.165, 1.54) is 5.56 Å². The van der Waals surface area contributed by atoms with Gasteiger partial charge in [0, 0.05) is 0 Å². The summed E-state index contributed by atoms with van der Waals surface area (Å²) in [7, 11) is 0. The van der Waals surface area contributed by atoms with Gasteiger partial charge in [-0.2, -0.15) is 13.5 Å². The summed E-state index contributed by atoms with van der Waals surface area (Å²) >= 11 is 0. The zero-order chi connectivity index (χ0) is 4.41. The van der Waals surface area contributed by atoms with E-state index in [9.17, 15) is 0 Å². The van der Waals surface area contributed by atoms with Crippen LogP contribution in [0.1, 0.15) is 5.56 Å². The second-order valence-electron chi connectivity index (χ2n) is 1.30. The molecule has 1 aromatic rings. The zero-order valence-corrected chi connectivity index (χ0v) is 5.14. The van der Waals surface area contributed by atoms with Gasteiger partial charge in [0.2, 0.25) is 0 Å². The number of furan rings is 1. The van der Waals surface area contributed by atoms with Crippen molar-refractivity contribution in [2.75, 3.05) is 0 Å². The minimum atomic E-state index is 0. The van der Waals surface area contributed by atoms with Gasteiger partial charge >= 0.3 is 0 Å². The molecule has 2 heteroatoms. The van der Waals surface area contributed by atoms with E-state index in [0.717, 1.165) is 0 Å². The molecular formula is C5H8OS. The Morgan fingerprint density at radius 1 is 1.57 bits per heavy atom. The lowest BCUT2D eigenvalue weighted by Gasteiger charge is -1.63. The van der Waals surface area contributed by atoms with E-state index in [0.29, 0.717) is 0 Å². The fraction of sp³-hybridized carbons (Fsp3) is 0.200. The molecule has 0 spiro atoms. The van der Waals surface area contributed by atoms with Gasteiger partial charge < -0.3 is 4.42 Å². The van der Waals surface area contributed by atoms with Crippen LogP contribution in [0.15, 0.2) is 23.0 Å². The second kappa shape index (κ2) is 2.75. The maximum Gasteiger partial charge on any atom is 0.0931 e. The molecule has 0 atom stereocenters. The van der Waals surface area contributed by atoms with Crippen LogP contribution in [0.3, 0.4) is 0 Å². The maximum absolute atomic E-state index is 4.71. The minimum absolute atomic E-state index is 0. The summed E-state index contributed by atoms with van der Waals surface area (Å²) in [6, 6.07) is 1.92. The van der Waals surface area contributed by atoms with E-state index in [-0.39, 0.29) is 13.5 Å². The van der Waals surface area contributed by atoms with Gasteiger partial charge in [0.05, 0.1) is 12.5 Å². The van der Waals surface area contributed by atoms with Crippen molar-refractivity contribution in [2.24, 2.45) is 0 Å². The third kappa shape index (κ3) is 1.69. The van der Waals surface area contributed by atoms with Crippen LogP contribution < -0.4 is 0 Å². The summed E-state index contributed by atoms with van der Waals surface area (Å²) in [6.07, 6.45) is 3.37. The van der Waals surface area contributed by atoms with Crippen molar-refractivity contribution in [1.29, 1.82) is 0 Å². The number of hydrogen-bond donors (Lipinski definition) is 0. The molecule has 0 saturated carbocycles. The first-order valence-electron chi connectivity index (χ1n) is 1.88. The molecule has 0 saturated heterocycles. The zero-order valence-electron chi connectivity index (χ0n) is 4.14. The average molecular weight is 116 g/mol. The molecule has 0 N–H and O–H groups in total.